The van der Waals surface area contributed by atoms with Crippen LogP contribution in [0.1, 0.15) is 74.0 Å². The SMILES string of the molecule is COC(=O)N[C@H](C(=O)N1CCC[C@H]1c1nc2ccc(-c3ccc(C)c4c3CC3CCC43)cc2[nH]1)C(C)C. The number of methoxy groups -OCH3 is 1. The van der Waals surface area contributed by atoms with Gasteiger partial charge in [0.25, 0.3) is 0 Å². The van der Waals surface area contributed by atoms with E-state index in [0.717, 1.165) is 41.5 Å². The molecule has 2 unspecified atom stereocenters. The van der Waals surface area contributed by atoms with E-state index in [9.17, 15) is 9.59 Å². The molecule has 0 spiro atoms. The highest BCUT2D eigenvalue weighted by molar-refractivity contribution is 5.87. The number of aromatic amines is 1. The van der Waals surface area contributed by atoms with Crippen molar-refractivity contribution >= 4 is 23.0 Å². The van der Waals surface area contributed by atoms with E-state index < -0.39 is 12.1 Å². The van der Waals surface area contributed by atoms with Crippen molar-refractivity contribution in [1.29, 1.82) is 0 Å². The van der Waals surface area contributed by atoms with Crippen molar-refractivity contribution in [2.75, 3.05) is 13.7 Å². The highest BCUT2D eigenvalue weighted by Crippen LogP contribution is 2.54. The number of fused-ring (bicyclic) bond motifs is 4. The lowest BCUT2D eigenvalue weighted by Crippen LogP contribution is -2.51. The number of nitrogens with zero attached hydrogens (tertiary/aromatic N) is 2. The second-order valence-electron chi connectivity index (χ2n) is 11.4. The molecule has 3 aliphatic rings. The van der Waals surface area contributed by atoms with Gasteiger partial charge in [-0.3, -0.25) is 4.79 Å². The lowest BCUT2D eigenvalue weighted by atomic mass is 9.73. The number of aryl methyl sites for hydroxylation is 1. The van der Waals surface area contributed by atoms with Gasteiger partial charge in [0.1, 0.15) is 11.9 Å². The first-order valence-electron chi connectivity index (χ1n) is 13.6. The van der Waals surface area contributed by atoms with E-state index in [2.05, 4.69) is 47.6 Å². The van der Waals surface area contributed by atoms with Gasteiger partial charge in [0.05, 0.1) is 24.2 Å². The number of ether oxygens (including phenoxy) is 1. The van der Waals surface area contributed by atoms with Crippen LogP contribution in [0.2, 0.25) is 0 Å². The topological polar surface area (TPSA) is 87.3 Å². The molecule has 4 atom stereocenters. The molecule has 2 fully saturated rings. The first-order valence-corrected chi connectivity index (χ1v) is 13.6. The van der Waals surface area contributed by atoms with E-state index in [-0.39, 0.29) is 17.9 Å². The number of alkyl carbamates (subject to hydrolysis) is 1. The second-order valence-corrected chi connectivity index (χ2v) is 11.4. The van der Waals surface area contributed by atoms with Gasteiger partial charge in [0, 0.05) is 6.54 Å². The number of hydrogen-bond donors (Lipinski definition) is 2. The van der Waals surface area contributed by atoms with Crippen LogP contribution in [0, 0.1) is 18.8 Å². The van der Waals surface area contributed by atoms with Gasteiger partial charge in [-0.05, 0) is 96.7 Å². The van der Waals surface area contributed by atoms with E-state index >= 15 is 0 Å². The number of nitrogens with one attached hydrogen (secondary N) is 2. The molecule has 6 rings (SSSR count). The van der Waals surface area contributed by atoms with Gasteiger partial charge < -0.3 is 19.9 Å². The Morgan fingerprint density at radius 3 is 2.73 bits per heavy atom. The van der Waals surface area contributed by atoms with Crippen LogP contribution in [0.3, 0.4) is 0 Å². The maximum atomic E-state index is 13.5. The molecule has 2 aliphatic carbocycles. The molecule has 194 valence electrons. The Morgan fingerprint density at radius 1 is 1.16 bits per heavy atom. The summed E-state index contributed by atoms with van der Waals surface area (Å²) >= 11 is 0. The molecule has 0 bridgehead atoms. The molecule has 1 saturated heterocycles. The maximum Gasteiger partial charge on any atom is 0.407 e. The number of likely N-dealkylation sites (tertiary alicyclic amines) is 1. The van der Waals surface area contributed by atoms with Gasteiger partial charge in [-0.2, -0.15) is 0 Å². The summed E-state index contributed by atoms with van der Waals surface area (Å²) in [5, 5.41) is 2.72. The van der Waals surface area contributed by atoms with Gasteiger partial charge in [-0.25, -0.2) is 9.78 Å². The van der Waals surface area contributed by atoms with Crippen molar-refractivity contribution in [1.82, 2.24) is 20.2 Å². The van der Waals surface area contributed by atoms with Crippen molar-refractivity contribution in [3.05, 3.63) is 52.8 Å². The fourth-order valence-corrected chi connectivity index (χ4v) is 6.79. The van der Waals surface area contributed by atoms with Crippen molar-refractivity contribution in [2.24, 2.45) is 11.8 Å². The van der Waals surface area contributed by atoms with Crippen LogP contribution in [0.5, 0.6) is 0 Å². The zero-order valence-corrected chi connectivity index (χ0v) is 22.1. The lowest BCUT2D eigenvalue weighted by molar-refractivity contribution is -0.135. The molecular weight excluding hydrogens is 464 g/mol. The molecular formula is C30H36N4O3. The van der Waals surface area contributed by atoms with E-state index in [1.165, 1.54) is 48.6 Å². The average molecular weight is 501 g/mol. The summed E-state index contributed by atoms with van der Waals surface area (Å²) in [6, 6.07) is 10.3. The summed E-state index contributed by atoms with van der Waals surface area (Å²) in [5.74, 6) is 2.25. The molecule has 0 radical (unpaired) electrons. The molecule has 2 amide bonds. The molecule has 2 heterocycles. The minimum atomic E-state index is -0.636. The molecule has 37 heavy (non-hydrogen) atoms. The van der Waals surface area contributed by atoms with Crippen LogP contribution in [0.4, 0.5) is 4.79 Å². The quantitative estimate of drug-likeness (QED) is 0.475. The van der Waals surface area contributed by atoms with Crippen LogP contribution in [-0.2, 0) is 16.0 Å². The van der Waals surface area contributed by atoms with Crippen LogP contribution in [0.15, 0.2) is 30.3 Å². The van der Waals surface area contributed by atoms with Gasteiger partial charge in [-0.1, -0.05) is 32.0 Å². The molecule has 1 saturated carbocycles. The highest BCUT2D eigenvalue weighted by Gasteiger charge is 2.41. The van der Waals surface area contributed by atoms with Gasteiger partial charge >= 0.3 is 6.09 Å². The van der Waals surface area contributed by atoms with Crippen molar-refractivity contribution in [3.8, 4) is 11.1 Å². The summed E-state index contributed by atoms with van der Waals surface area (Å²) < 4.78 is 4.75. The first kappa shape index (κ1) is 24.0. The Kier molecular flexibility index (Phi) is 5.97. The van der Waals surface area contributed by atoms with E-state index in [1.807, 2.05) is 18.7 Å². The number of rotatable bonds is 5. The van der Waals surface area contributed by atoms with Gasteiger partial charge in [-0.15, -0.1) is 0 Å². The third-order valence-corrected chi connectivity index (χ3v) is 8.88. The van der Waals surface area contributed by atoms with Crippen LogP contribution < -0.4 is 5.32 Å². The zero-order chi connectivity index (χ0) is 25.8. The Hall–Kier alpha value is -3.35. The summed E-state index contributed by atoms with van der Waals surface area (Å²) in [6.07, 6.45) is 5.03. The Labute approximate surface area is 218 Å². The fourth-order valence-electron chi connectivity index (χ4n) is 6.79. The fraction of sp³-hybridized carbons (Fsp3) is 0.500. The molecule has 7 nitrogen and oxygen atoms in total. The number of hydrogen-bond acceptors (Lipinski definition) is 4. The van der Waals surface area contributed by atoms with Gasteiger partial charge in [0.15, 0.2) is 0 Å². The van der Waals surface area contributed by atoms with Crippen molar-refractivity contribution in [2.45, 2.75) is 70.9 Å². The zero-order valence-electron chi connectivity index (χ0n) is 22.1. The Morgan fingerprint density at radius 2 is 2.00 bits per heavy atom. The summed E-state index contributed by atoms with van der Waals surface area (Å²) in [4.78, 5) is 35.7. The molecule has 2 N–H and O–H groups in total. The number of aromatic nitrogens is 2. The lowest BCUT2D eigenvalue weighted by Gasteiger charge is -2.31. The molecule has 7 heteroatoms. The van der Waals surface area contributed by atoms with Gasteiger partial charge in [0.2, 0.25) is 5.91 Å². The third kappa shape index (κ3) is 3.99. The molecule has 1 aliphatic heterocycles. The van der Waals surface area contributed by atoms with Crippen molar-refractivity contribution in [3.63, 3.8) is 0 Å². The number of amides is 2. The summed E-state index contributed by atoms with van der Waals surface area (Å²) in [5.41, 5.74) is 9.05. The third-order valence-electron chi connectivity index (χ3n) is 8.88. The smallest absolute Gasteiger partial charge is 0.407 e. The summed E-state index contributed by atoms with van der Waals surface area (Å²) in [7, 11) is 1.31. The van der Waals surface area contributed by atoms with E-state index in [4.69, 9.17) is 9.72 Å². The highest BCUT2D eigenvalue weighted by atomic mass is 16.5. The normalized spacial score (nSPS) is 23.1. The predicted molar refractivity (Wildman–Crippen MR) is 143 cm³/mol. The minimum Gasteiger partial charge on any atom is -0.453 e. The number of imidazole rings is 1. The monoisotopic (exact) mass is 500 g/mol. The average Bonchev–Trinajstić information content (AvgIpc) is 3.58. The summed E-state index contributed by atoms with van der Waals surface area (Å²) in [6.45, 7) is 6.77. The molecule has 1 aromatic heterocycles. The Bertz CT molecular complexity index is 1380. The number of benzene rings is 2. The standard InChI is InChI=1S/C30H36N4O3/c1-16(2)27(33-30(36)37-4)29(35)34-13-5-6-25(34)28-31-23-12-9-19(15-24(23)32-28)20-10-7-17(3)26-21-11-8-18(21)14-22(20)26/h7,9-10,12,15-16,18,21,25,27H,5-6,8,11,13-14H2,1-4H3,(H,31,32)(H,33,36)/t18?,21?,25-,27-/m0/s1. The number of carbonyl (C=O) groups is 2. The first-order chi connectivity index (χ1) is 17.9. The number of carbonyl (C=O) groups excluding carboxylic acids is 2. The van der Waals surface area contributed by atoms with Crippen LogP contribution >= 0.6 is 0 Å². The number of H-pyrrole nitrogens is 1. The maximum absolute atomic E-state index is 13.5. The second kappa shape index (κ2) is 9.19. The van der Waals surface area contributed by atoms with Crippen LogP contribution in [-0.4, -0.2) is 46.6 Å². The van der Waals surface area contributed by atoms with E-state index in [0.29, 0.717) is 6.54 Å². The Balaban J connectivity index is 1.30. The van der Waals surface area contributed by atoms with Crippen molar-refractivity contribution < 1.29 is 14.3 Å². The van der Waals surface area contributed by atoms with E-state index in [1.54, 1.807) is 5.56 Å². The molecule has 3 aromatic rings. The predicted octanol–water partition coefficient (Wildman–Crippen LogP) is 5.63. The largest absolute Gasteiger partial charge is 0.453 e. The molecule has 2 aromatic carbocycles. The van der Waals surface area contributed by atoms with Crippen LogP contribution in [0.25, 0.3) is 22.2 Å². The minimum absolute atomic E-state index is 0.0578.